The van der Waals surface area contributed by atoms with Crippen LogP contribution in [0.3, 0.4) is 0 Å². The van der Waals surface area contributed by atoms with Gasteiger partial charge in [0.25, 0.3) is 0 Å². The maximum absolute atomic E-state index is 11.6. The molecule has 0 saturated carbocycles. The highest BCUT2D eigenvalue weighted by atomic mass is 16.5. The molecular weight excluding hydrogens is 292 g/mol. The zero-order chi connectivity index (χ0) is 16.8. The number of esters is 1. The van der Waals surface area contributed by atoms with Crippen molar-refractivity contribution < 1.29 is 19.1 Å². The van der Waals surface area contributed by atoms with Crippen LogP contribution in [-0.2, 0) is 11.4 Å². The van der Waals surface area contributed by atoms with E-state index in [1.807, 2.05) is 12.1 Å². The Balaban J connectivity index is 2.07. The van der Waals surface area contributed by atoms with E-state index in [0.717, 1.165) is 5.56 Å². The molecule has 4 heteroatoms. The van der Waals surface area contributed by atoms with Crippen molar-refractivity contribution in [1.29, 1.82) is 0 Å². The van der Waals surface area contributed by atoms with Crippen LogP contribution in [-0.4, -0.2) is 11.8 Å². The number of carbonyl (C=O) groups is 2. The maximum Gasteiger partial charge on any atom is 0.338 e. The van der Waals surface area contributed by atoms with Crippen LogP contribution in [0.1, 0.15) is 29.8 Å². The number of ether oxygens (including phenoxy) is 2. The van der Waals surface area contributed by atoms with E-state index in [1.165, 1.54) is 6.92 Å². The van der Waals surface area contributed by atoms with E-state index < -0.39 is 5.97 Å². The van der Waals surface area contributed by atoms with Gasteiger partial charge in [-0.05, 0) is 44.2 Å². The number of Topliss-reactive ketones (excluding diaryl/α,β-unsaturated/α-hetero) is 1. The number of benzene rings is 2. The standard InChI is InChI=1S/C19H18O4/c1-13(2)19(21)23-18-7-5-4-6-16(18)12-22-17-10-8-15(9-11-17)14(3)20/h4-11H,1,12H2,2-3H3. The molecule has 0 aromatic heterocycles. The molecule has 0 bridgehead atoms. The van der Waals surface area contributed by atoms with Crippen molar-refractivity contribution in [1.82, 2.24) is 0 Å². The van der Waals surface area contributed by atoms with Crippen LogP contribution in [0.15, 0.2) is 60.7 Å². The molecule has 23 heavy (non-hydrogen) atoms. The molecule has 0 aliphatic carbocycles. The highest BCUT2D eigenvalue weighted by Crippen LogP contribution is 2.22. The fraction of sp³-hybridized carbons (Fsp3) is 0.158. The van der Waals surface area contributed by atoms with Crippen LogP contribution in [0.5, 0.6) is 11.5 Å². The Bertz CT molecular complexity index is 729. The highest BCUT2D eigenvalue weighted by molar-refractivity contribution is 5.94. The molecule has 0 saturated heterocycles. The summed E-state index contributed by atoms with van der Waals surface area (Å²) in [5.74, 6) is 0.619. The van der Waals surface area contributed by atoms with E-state index in [2.05, 4.69) is 6.58 Å². The molecule has 0 unspecified atom stereocenters. The van der Waals surface area contributed by atoms with Gasteiger partial charge in [0.2, 0.25) is 0 Å². The lowest BCUT2D eigenvalue weighted by Crippen LogP contribution is -2.10. The maximum atomic E-state index is 11.6. The first-order valence-corrected chi connectivity index (χ1v) is 7.17. The number of ketones is 1. The molecular formula is C19H18O4. The molecule has 4 nitrogen and oxygen atoms in total. The Morgan fingerprint density at radius 1 is 1.00 bits per heavy atom. The Morgan fingerprint density at radius 3 is 2.26 bits per heavy atom. The van der Waals surface area contributed by atoms with Crippen molar-refractivity contribution >= 4 is 11.8 Å². The second kappa shape index (κ2) is 7.40. The van der Waals surface area contributed by atoms with Crippen LogP contribution in [0.2, 0.25) is 0 Å². The monoisotopic (exact) mass is 310 g/mol. The van der Waals surface area contributed by atoms with E-state index >= 15 is 0 Å². The number of para-hydroxylation sites is 1. The second-order valence-corrected chi connectivity index (χ2v) is 5.15. The minimum absolute atomic E-state index is 0.00797. The van der Waals surface area contributed by atoms with Crippen molar-refractivity contribution in [2.75, 3.05) is 0 Å². The molecule has 2 aromatic carbocycles. The smallest absolute Gasteiger partial charge is 0.338 e. The first-order chi connectivity index (χ1) is 11.0. The summed E-state index contributed by atoms with van der Waals surface area (Å²) in [6, 6.07) is 14.1. The van der Waals surface area contributed by atoms with Crippen molar-refractivity contribution in [3.8, 4) is 11.5 Å². The molecule has 0 fully saturated rings. The molecule has 2 aromatic rings. The van der Waals surface area contributed by atoms with Crippen LogP contribution < -0.4 is 9.47 Å². The topological polar surface area (TPSA) is 52.6 Å². The molecule has 0 spiro atoms. The summed E-state index contributed by atoms with van der Waals surface area (Å²) in [6.45, 7) is 6.92. The number of hydrogen-bond donors (Lipinski definition) is 0. The Labute approximate surface area is 135 Å². The lowest BCUT2D eigenvalue weighted by atomic mass is 10.1. The SMILES string of the molecule is C=C(C)C(=O)Oc1ccccc1COc1ccc(C(C)=O)cc1. The van der Waals surface area contributed by atoms with Crippen molar-refractivity contribution in [3.05, 3.63) is 71.8 Å². The number of rotatable bonds is 6. The highest BCUT2D eigenvalue weighted by Gasteiger charge is 2.10. The lowest BCUT2D eigenvalue weighted by Gasteiger charge is -2.11. The van der Waals surface area contributed by atoms with Crippen LogP contribution in [0.25, 0.3) is 0 Å². The normalized spacial score (nSPS) is 10.0. The van der Waals surface area contributed by atoms with Gasteiger partial charge in [-0.3, -0.25) is 4.79 Å². The number of carbonyl (C=O) groups excluding carboxylic acids is 2. The van der Waals surface area contributed by atoms with Gasteiger partial charge >= 0.3 is 5.97 Å². The van der Waals surface area contributed by atoms with E-state index in [0.29, 0.717) is 22.6 Å². The fourth-order valence-corrected chi connectivity index (χ4v) is 1.86. The van der Waals surface area contributed by atoms with Gasteiger partial charge in [-0.2, -0.15) is 0 Å². The predicted octanol–water partition coefficient (Wildman–Crippen LogP) is 3.95. The quantitative estimate of drug-likeness (QED) is 0.351. The summed E-state index contributed by atoms with van der Waals surface area (Å²) < 4.78 is 11.0. The van der Waals surface area contributed by atoms with Crippen molar-refractivity contribution in [2.24, 2.45) is 0 Å². The molecule has 0 N–H and O–H groups in total. The summed E-state index contributed by atoms with van der Waals surface area (Å²) >= 11 is 0. The van der Waals surface area contributed by atoms with Gasteiger partial charge in [0.1, 0.15) is 18.1 Å². The Morgan fingerprint density at radius 2 is 1.65 bits per heavy atom. The predicted molar refractivity (Wildman–Crippen MR) is 87.7 cm³/mol. The third kappa shape index (κ3) is 4.54. The van der Waals surface area contributed by atoms with Crippen molar-refractivity contribution in [2.45, 2.75) is 20.5 Å². The van der Waals surface area contributed by atoms with E-state index in [4.69, 9.17) is 9.47 Å². The zero-order valence-corrected chi connectivity index (χ0v) is 13.2. The summed E-state index contributed by atoms with van der Waals surface area (Å²) in [4.78, 5) is 22.9. The van der Waals surface area contributed by atoms with Crippen molar-refractivity contribution in [3.63, 3.8) is 0 Å². The van der Waals surface area contributed by atoms with E-state index in [1.54, 1.807) is 43.3 Å². The van der Waals surface area contributed by atoms with Gasteiger partial charge in [0.05, 0.1) is 0 Å². The third-order valence-electron chi connectivity index (χ3n) is 3.18. The van der Waals surface area contributed by atoms with Gasteiger partial charge in [-0.25, -0.2) is 4.79 Å². The molecule has 0 aliphatic rings. The molecule has 118 valence electrons. The van der Waals surface area contributed by atoms with Gasteiger partial charge in [0.15, 0.2) is 5.78 Å². The molecule has 0 heterocycles. The minimum atomic E-state index is -0.469. The fourth-order valence-electron chi connectivity index (χ4n) is 1.86. The zero-order valence-electron chi connectivity index (χ0n) is 13.2. The Kier molecular flexibility index (Phi) is 5.31. The van der Waals surface area contributed by atoms with Gasteiger partial charge < -0.3 is 9.47 Å². The average Bonchev–Trinajstić information content (AvgIpc) is 2.54. The van der Waals surface area contributed by atoms with E-state index in [-0.39, 0.29) is 12.4 Å². The molecule has 0 radical (unpaired) electrons. The first kappa shape index (κ1) is 16.5. The number of hydrogen-bond acceptors (Lipinski definition) is 4. The first-order valence-electron chi connectivity index (χ1n) is 7.17. The van der Waals surface area contributed by atoms with Crippen LogP contribution in [0, 0.1) is 0 Å². The molecule has 0 aliphatic heterocycles. The van der Waals surface area contributed by atoms with Gasteiger partial charge in [0, 0.05) is 16.7 Å². The van der Waals surface area contributed by atoms with Crippen LogP contribution >= 0.6 is 0 Å². The van der Waals surface area contributed by atoms with Crippen LogP contribution in [0.4, 0.5) is 0 Å². The van der Waals surface area contributed by atoms with E-state index in [9.17, 15) is 9.59 Å². The molecule has 0 atom stereocenters. The average molecular weight is 310 g/mol. The third-order valence-corrected chi connectivity index (χ3v) is 3.18. The van der Waals surface area contributed by atoms with Gasteiger partial charge in [-0.1, -0.05) is 24.8 Å². The largest absolute Gasteiger partial charge is 0.489 e. The molecule has 2 rings (SSSR count). The second-order valence-electron chi connectivity index (χ2n) is 5.15. The summed E-state index contributed by atoms with van der Waals surface area (Å²) in [7, 11) is 0. The lowest BCUT2D eigenvalue weighted by molar-refractivity contribution is -0.130. The Hall–Kier alpha value is -2.88. The minimum Gasteiger partial charge on any atom is -0.489 e. The summed E-state index contributed by atoms with van der Waals surface area (Å²) in [5.41, 5.74) is 1.71. The molecule has 0 amide bonds. The summed E-state index contributed by atoms with van der Waals surface area (Å²) in [5, 5.41) is 0. The van der Waals surface area contributed by atoms with Gasteiger partial charge in [-0.15, -0.1) is 0 Å². The summed E-state index contributed by atoms with van der Waals surface area (Å²) in [6.07, 6.45) is 0.